The van der Waals surface area contributed by atoms with E-state index in [-0.39, 0.29) is 18.2 Å². The predicted molar refractivity (Wildman–Crippen MR) is 88.5 cm³/mol. The first-order chi connectivity index (χ1) is 11.0. The number of nitrogens with zero attached hydrogens (tertiary/aromatic N) is 2. The smallest absolute Gasteiger partial charge is 0.349 e. The van der Waals surface area contributed by atoms with Crippen molar-refractivity contribution in [1.82, 2.24) is 25.2 Å². The van der Waals surface area contributed by atoms with Crippen LogP contribution in [0.1, 0.15) is 12.1 Å². The average molecular weight is 321 g/mol. The fourth-order valence-corrected chi connectivity index (χ4v) is 2.30. The summed E-state index contributed by atoms with van der Waals surface area (Å²) in [6.07, 6.45) is 1.80. The van der Waals surface area contributed by atoms with E-state index in [4.69, 9.17) is 11.1 Å². The fourth-order valence-electron chi connectivity index (χ4n) is 2.30. The SMILES string of the molecule is Cc1cc2cn(CC(O)CNCCCNC(=N)N)c(=O)nc2[nH]1. The Kier molecular flexibility index (Phi) is 5.72. The molecule has 1 atom stereocenters. The largest absolute Gasteiger partial charge is 0.390 e. The van der Waals surface area contributed by atoms with Gasteiger partial charge in [-0.05, 0) is 26.0 Å². The molecule has 2 rings (SSSR count). The van der Waals surface area contributed by atoms with Gasteiger partial charge in [0.1, 0.15) is 5.65 Å². The van der Waals surface area contributed by atoms with E-state index in [2.05, 4.69) is 20.6 Å². The van der Waals surface area contributed by atoms with Crippen molar-refractivity contribution in [3.8, 4) is 0 Å². The summed E-state index contributed by atoms with van der Waals surface area (Å²) in [5.74, 6) is -0.0488. The maximum absolute atomic E-state index is 11.9. The minimum Gasteiger partial charge on any atom is -0.390 e. The molecule has 126 valence electrons. The van der Waals surface area contributed by atoms with Crippen molar-refractivity contribution in [2.75, 3.05) is 19.6 Å². The molecule has 0 saturated heterocycles. The molecule has 0 aliphatic rings. The van der Waals surface area contributed by atoms with Crippen LogP contribution in [0.5, 0.6) is 0 Å². The lowest BCUT2D eigenvalue weighted by molar-refractivity contribution is 0.150. The summed E-state index contributed by atoms with van der Waals surface area (Å²) >= 11 is 0. The number of guanidine groups is 1. The first-order valence-corrected chi connectivity index (χ1v) is 7.49. The van der Waals surface area contributed by atoms with Crippen LogP contribution < -0.4 is 22.1 Å². The number of aryl methyl sites for hydroxylation is 1. The quantitative estimate of drug-likeness (QED) is 0.206. The van der Waals surface area contributed by atoms with Crippen molar-refractivity contribution >= 4 is 17.0 Å². The fraction of sp³-hybridized carbons (Fsp3) is 0.500. The van der Waals surface area contributed by atoms with E-state index in [9.17, 15) is 9.90 Å². The molecule has 0 radical (unpaired) electrons. The lowest BCUT2D eigenvalue weighted by Crippen LogP contribution is -2.36. The summed E-state index contributed by atoms with van der Waals surface area (Å²) < 4.78 is 1.42. The van der Waals surface area contributed by atoms with Gasteiger partial charge >= 0.3 is 5.69 Å². The molecular weight excluding hydrogens is 298 g/mol. The summed E-state index contributed by atoms with van der Waals surface area (Å²) in [5, 5.41) is 23.7. The molecule has 2 aromatic rings. The maximum Gasteiger partial charge on any atom is 0.349 e. The lowest BCUT2D eigenvalue weighted by atomic mass is 10.3. The van der Waals surface area contributed by atoms with E-state index in [1.54, 1.807) is 6.20 Å². The highest BCUT2D eigenvalue weighted by molar-refractivity contribution is 5.75. The predicted octanol–water partition coefficient (Wildman–Crippen LogP) is -1.14. The second kappa shape index (κ2) is 7.75. The number of nitrogens with one attached hydrogen (secondary N) is 4. The first-order valence-electron chi connectivity index (χ1n) is 7.49. The molecule has 0 aliphatic carbocycles. The summed E-state index contributed by atoms with van der Waals surface area (Å²) in [6.45, 7) is 3.74. The maximum atomic E-state index is 11.9. The van der Waals surface area contributed by atoms with Gasteiger partial charge in [-0.1, -0.05) is 0 Å². The molecule has 0 aliphatic heterocycles. The number of nitrogens with two attached hydrogens (primary N) is 1. The Morgan fingerprint density at radius 1 is 1.57 bits per heavy atom. The van der Waals surface area contributed by atoms with Gasteiger partial charge in [0.05, 0.1) is 12.6 Å². The van der Waals surface area contributed by atoms with Gasteiger partial charge in [-0.15, -0.1) is 0 Å². The zero-order valence-electron chi connectivity index (χ0n) is 13.1. The van der Waals surface area contributed by atoms with E-state index in [0.29, 0.717) is 25.3 Å². The highest BCUT2D eigenvalue weighted by atomic mass is 16.3. The van der Waals surface area contributed by atoms with Crippen LogP contribution in [0.2, 0.25) is 0 Å². The molecule has 23 heavy (non-hydrogen) atoms. The van der Waals surface area contributed by atoms with E-state index >= 15 is 0 Å². The van der Waals surface area contributed by atoms with E-state index in [0.717, 1.165) is 17.5 Å². The van der Waals surface area contributed by atoms with Crippen LogP contribution in [0.25, 0.3) is 11.0 Å². The minimum atomic E-state index is -0.687. The molecule has 0 amide bonds. The number of aliphatic hydroxyl groups excluding tert-OH is 1. The van der Waals surface area contributed by atoms with Gasteiger partial charge in [-0.3, -0.25) is 9.98 Å². The number of aromatic amines is 1. The highest BCUT2D eigenvalue weighted by Crippen LogP contribution is 2.09. The number of rotatable bonds is 8. The van der Waals surface area contributed by atoms with Crippen molar-refractivity contribution in [1.29, 1.82) is 5.41 Å². The van der Waals surface area contributed by atoms with E-state index < -0.39 is 6.10 Å². The molecule has 9 nitrogen and oxygen atoms in total. The van der Waals surface area contributed by atoms with Crippen LogP contribution in [-0.2, 0) is 6.54 Å². The second-order valence-electron chi connectivity index (χ2n) is 5.48. The van der Waals surface area contributed by atoms with E-state index in [1.165, 1.54) is 4.57 Å². The van der Waals surface area contributed by atoms with Crippen molar-refractivity contribution in [2.45, 2.75) is 26.0 Å². The zero-order chi connectivity index (χ0) is 16.8. The molecule has 1 unspecified atom stereocenters. The van der Waals surface area contributed by atoms with Gasteiger partial charge in [0.2, 0.25) is 0 Å². The second-order valence-corrected chi connectivity index (χ2v) is 5.48. The van der Waals surface area contributed by atoms with Gasteiger partial charge in [0.15, 0.2) is 5.96 Å². The van der Waals surface area contributed by atoms with Gasteiger partial charge in [0.25, 0.3) is 0 Å². The Bertz CT molecular complexity index is 721. The highest BCUT2D eigenvalue weighted by Gasteiger charge is 2.09. The molecule has 0 bridgehead atoms. The monoisotopic (exact) mass is 321 g/mol. The normalized spacial score (nSPS) is 12.4. The Hall–Kier alpha value is -2.39. The van der Waals surface area contributed by atoms with Crippen LogP contribution in [0.15, 0.2) is 17.1 Å². The molecule has 0 spiro atoms. The van der Waals surface area contributed by atoms with Gasteiger partial charge in [-0.2, -0.15) is 4.98 Å². The Morgan fingerprint density at radius 3 is 3.09 bits per heavy atom. The van der Waals surface area contributed by atoms with Crippen molar-refractivity contribution in [2.24, 2.45) is 5.73 Å². The molecule has 7 N–H and O–H groups in total. The number of H-pyrrole nitrogens is 1. The minimum absolute atomic E-state index is 0.0488. The van der Waals surface area contributed by atoms with Crippen LogP contribution in [0.4, 0.5) is 0 Å². The van der Waals surface area contributed by atoms with Gasteiger partial charge in [0, 0.05) is 30.4 Å². The number of aromatic nitrogens is 3. The Balaban J connectivity index is 1.81. The third-order valence-corrected chi connectivity index (χ3v) is 3.34. The standard InChI is InChI=1S/C14H23N7O2/c1-9-5-10-7-21(14(23)20-12(10)19-9)8-11(22)6-17-3-2-4-18-13(15)16/h5,7,11,17,22H,2-4,6,8H2,1H3,(H4,15,16,18)(H,19,20,23). The van der Waals surface area contributed by atoms with Crippen LogP contribution in [-0.4, -0.2) is 51.3 Å². The molecule has 0 fully saturated rings. The zero-order valence-corrected chi connectivity index (χ0v) is 13.1. The Morgan fingerprint density at radius 2 is 2.35 bits per heavy atom. The number of hydrogen-bond acceptors (Lipinski definition) is 5. The molecule has 0 saturated carbocycles. The van der Waals surface area contributed by atoms with Gasteiger partial charge in [-0.25, -0.2) is 4.79 Å². The molecular formula is C14H23N7O2. The van der Waals surface area contributed by atoms with Crippen LogP contribution >= 0.6 is 0 Å². The van der Waals surface area contributed by atoms with Crippen molar-refractivity contribution in [3.63, 3.8) is 0 Å². The molecule has 0 aromatic carbocycles. The molecule has 2 aromatic heterocycles. The van der Waals surface area contributed by atoms with E-state index in [1.807, 2.05) is 13.0 Å². The third-order valence-electron chi connectivity index (χ3n) is 3.34. The summed E-state index contributed by atoms with van der Waals surface area (Å²) in [6, 6.07) is 1.91. The molecule has 2 heterocycles. The summed E-state index contributed by atoms with van der Waals surface area (Å²) in [4.78, 5) is 18.9. The Labute approximate surface area is 133 Å². The third kappa shape index (κ3) is 5.08. The van der Waals surface area contributed by atoms with Crippen LogP contribution in [0.3, 0.4) is 0 Å². The summed E-state index contributed by atoms with van der Waals surface area (Å²) in [5.41, 5.74) is 6.28. The lowest BCUT2D eigenvalue weighted by Gasteiger charge is -2.13. The van der Waals surface area contributed by atoms with Gasteiger partial charge < -0.3 is 26.5 Å². The first kappa shape index (κ1) is 17.0. The van der Waals surface area contributed by atoms with Crippen molar-refractivity contribution < 1.29 is 5.11 Å². The number of fused-ring (bicyclic) bond motifs is 1. The number of hydrogen-bond donors (Lipinski definition) is 6. The summed E-state index contributed by atoms with van der Waals surface area (Å²) in [7, 11) is 0. The average Bonchev–Trinajstić information content (AvgIpc) is 2.81. The molecule has 9 heteroatoms. The van der Waals surface area contributed by atoms with Crippen molar-refractivity contribution in [3.05, 3.63) is 28.4 Å². The topological polar surface area (TPSA) is 145 Å². The van der Waals surface area contributed by atoms with Crippen LogP contribution in [0, 0.1) is 12.3 Å². The number of aliphatic hydroxyl groups is 1.